The summed E-state index contributed by atoms with van der Waals surface area (Å²) >= 11 is 8.11. The Morgan fingerprint density at radius 1 is 0.419 bits per heavy atom. The van der Waals surface area contributed by atoms with Gasteiger partial charge < -0.3 is 9.47 Å². The highest BCUT2D eigenvalue weighted by molar-refractivity contribution is 9.12. The highest BCUT2D eigenvalue weighted by Gasteiger charge is 2.60. The summed E-state index contributed by atoms with van der Waals surface area (Å²) in [6, 6.07) is 26.4. The van der Waals surface area contributed by atoms with Crippen LogP contribution in [0.3, 0.4) is 0 Å². The van der Waals surface area contributed by atoms with Crippen LogP contribution in [-0.2, 0) is 20.7 Å². The maximum absolute atomic E-state index is 7.45. The smallest absolute Gasteiger partial charge is 0.213 e. The van der Waals surface area contributed by atoms with E-state index in [1.54, 1.807) is 0 Å². The molecule has 0 unspecified atom stereocenters. The van der Waals surface area contributed by atoms with Crippen molar-refractivity contribution in [2.24, 2.45) is 0 Å². The maximum Gasteiger partial charge on any atom is 0.213 e. The number of ether oxygens (including phenoxy) is 2. The summed E-state index contributed by atoms with van der Waals surface area (Å²) < 4.78 is 16.7. The molecule has 0 bridgehead atoms. The largest absolute Gasteiger partial charge is 0.321 e. The zero-order chi connectivity index (χ0) is 30.9. The zero-order valence-corrected chi connectivity index (χ0v) is 29.3. The van der Waals surface area contributed by atoms with Gasteiger partial charge in [0.2, 0.25) is 5.79 Å². The average molecular weight is 699 g/mol. The molecule has 220 valence electrons. The molecule has 6 rings (SSSR count). The van der Waals surface area contributed by atoms with E-state index in [9.17, 15) is 0 Å². The molecule has 0 N–H and O–H groups in total. The lowest BCUT2D eigenvalue weighted by Crippen LogP contribution is -2.41. The minimum atomic E-state index is -1.15. The molecule has 1 spiro atoms. The molecule has 0 amide bonds. The molecule has 0 saturated heterocycles. The average Bonchev–Trinajstić information content (AvgIpc) is 3.35. The minimum absolute atomic E-state index is 0.903. The number of aryl methyl sites for hydroxylation is 8. The Hall–Kier alpha value is -2.76. The molecule has 4 aromatic carbocycles. The van der Waals surface area contributed by atoms with Crippen LogP contribution in [0.1, 0.15) is 66.8 Å². The summed E-state index contributed by atoms with van der Waals surface area (Å²) in [4.78, 5) is 0. The fourth-order valence-corrected chi connectivity index (χ4v) is 8.83. The van der Waals surface area contributed by atoms with Gasteiger partial charge in [-0.05, 0) is 112 Å². The van der Waals surface area contributed by atoms with Gasteiger partial charge in [-0.2, -0.15) is 0 Å². The molecule has 0 atom stereocenters. The molecular weight excluding hydrogens is 660 g/mol. The SMILES string of the molecule is Cc1ccc(C2(c3ccc(C)cc3C)OC3(C=C2Br)C=C(Br)C(c2ccc(C)cc2C)(c2ccc(C)cc2C)O3)c(C)c1. The van der Waals surface area contributed by atoms with Crippen molar-refractivity contribution in [1.29, 1.82) is 0 Å². The predicted octanol–water partition coefficient (Wildman–Crippen LogP) is 10.7. The van der Waals surface area contributed by atoms with E-state index in [1.807, 2.05) is 0 Å². The van der Waals surface area contributed by atoms with Gasteiger partial charge in [0.1, 0.15) is 0 Å². The van der Waals surface area contributed by atoms with Crippen LogP contribution in [0.4, 0.5) is 0 Å². The standard InChI is InChI=1S/C39H38Br2O2/c1-23-9-13-31(27(5)17-23)38(32-14-10-24(2)18-28(32)6)35(40)21-37(42-38)22-36(41)39(43-37,33-15-11-25(3)19-29(33)7)34-16-12-26(4)20-30(34)8/h9-22H,1-8H3. The Balaban J connectivity index is 1.60. The van der Waals surface area contributed by atoms with Crippen LogP contribution in [-0.4, -0.2) is 5.79 Å². The van der Waals surface area contributed by atoms with E-state index in [0.717, 1.165) is 31.2 Å². The third kappa shape index (κ3) is 4.73. The second-order valence-corrected chi connectivity index (χ2v) is 14.3. The van der Waals surface area contributed by atoms with E-state index in [-0.39, 0.29) is 0 Å². The van der Waals surface area contributed by atoms with E-state index in [0.29, 0.717) is 0 Å². The van der Waals surface area contributed by atoms with Crippen LogP contribution >= 0.6 is 31.9 Å². The molecule has 43 heavy (non-hydrogen) atoms. The van der Waals surface area contributed by atoms with Crippen LogP contribution < -0.4 is 0 Å². The second kappa shape index (κ2) is 10.7. The van der Waals surface area contributed by atoms with Crippen LogP contribution in [0, 0.1) is 55.4 Å². The van der Waals surface area contributed by atoms with Gasteiger partial charge in [0.15, 0.2) is 11.2 Å². The summed E-state index contributed by atoms with van der Waals surface area (Å²) in [6.07, 6.45) is 4.23. The summed E-state index contributed by atoms with van der Waals surface area (Å²) in [5, 5.41) is 0. The third-order valence-electron chi connectivity index (χ3n) is 9.00. The first-order valence-corrected chi connectivity index (χ1v) is 16.4. The van der Waals surface area contributed by atoms with E-state index in [2.05, 4.69) is 172 Å². The van der Waals surface area contributed by atoms with E-state index < -0.39 is 17.0 Å². The fourth-order valence-electron chi connectivity index (χ4n) is 7.17. The third-order valence-corrected chi connectivity index (χ3v) is 10.6. The van der Waals surface area contributed by atoms with Gasteiger partial charge in [0, 0.05) is 8.96 Å². The first kappa shape index (κ1) is 30.3. The molecule has 0 fully saturated rings. The van der Waals surface area contributed by atoms with Crippen LogP contribution in [0.25, 0.3) is 0 Å². The first-order valence-electron chi connectivity index (χ1n) is 14.8. The molecule has 0 aliphatic carbocycles. The number of benzene rings is 4. The molecular formula is C39H38Br2O2. The van der Waals surface area contributed by atoms with Gasteiger partial charge in [0.25, 0.3) is 0 Å². The first-order chi connectivity index (χ1) is 20.3. The molecule has 0 radical (unpaired) electrons. The summed E-state index contributed by atoms with van der Waals surface area (Å²) in [5.74, 6) is -1.15. The normalized spacial score (nSPS) is 18.2. The van der Waals surface area contributed by atoms with E-state index in [1.165, 1.54) is 44.5 Å². The van der Waals surface area contributed by atoms with Crippen molar-refractivity contribution in [2.45, 2.75) is 72.4 Å². The molecule has 2 nitrogen and oxygen atoms in total. The highest BCUT2D eigenvalue weighted by atomic mass is 79.9. The van der Waals surface area contributed by atoms with Crippen molar-refractivity contribution in [3.05, 3.63) is 161 Å². The molecule has 2 aliphatic heterocycles. The fraction of sp³-hybridized carbons (Fsp3) is 0.282. The van der Waals surface area contributed by atoms with Crippen molar-refractivity contribution in [3.8, 4) is 0 Å². The minimum Gasteiger partial charge on any atom is -0.321 e. The summed E-state index contributed by atoms with van der Waals surface area (Å²) in [5.41, 5.74) is 12.1. The number of rotatable bonds is 4. The Kier molecular flexibility index (Phi) is 7.53. The van der Waals surface area contributed by atoms with Gasteiger partial charge >= 0.3 is 0 Å². The van der Waals surface area contributed by atoms with Gasteiger partial charge in [-0.25, -0.2) is 0 Å². The molecule has 0 saturated carbocycles. The Morgan fingerprint density at radius 3 is 0.907 bits per heavy atom. The lowest BCUT2D eigenvalue weighted by Gasteiger charge is -2.40. The molecule has 4 aromatic rings. The monoisotopic (exact) mass is 696 g/mol. The number of halogens is 2. The van der Waals surface area contributed by atoms with Crippen LogP contribution in [0.15, 0.2) is 93.9 Å². The lowest BCUT2D eigenvalue weighted by atomic mass is 9.81. The van der Waals surface area contributed by atoms with E-state index in [4.69, 9.17) is 9.47 Å². The van der Waals surface area contributed by atoms with Gasteiger partial charge in [-0.15, -0.1) is 0 Å². The Morgan fingerprint density at radius 2 is 0.674 bits per heavy atom. The van der Waals surface area contributed by atoms with Crippen LogP contribution in [0.2, 0.25) is 0 Å². The van der Waals surface area contributed by atoms with E-state index >= 15 is 0 Å². The van der Waals surface area contributed by atoms with Crippen molar-refractivity contribution in [3.63, 3.8) is 0 Å². The second-order valence-electron chi connectivity index (χ2n) is 12.5. The lowest BCUT2D eigenvalue weighted by molar-refractivity contribution is -0.224. The Labute approximate surface area is 273 Å². The Bertz CT molecular complexity index is 1610. The van der Waals surface area contributed by atoms with Crippen LogP contribution in [0.5, 0.6) is 0 Å². The maximum atomic E-state index is 7.45. The molecule has 2 aliphatic rings. The van der Waals surface area contributed by atoms with Crippen molar-refractivity contribution >= 4 is 31.9 Å². The summed E-state index contributed by atoms with van der Waals surface area (Å²) in [7, 11) is 0. The van der Waals surface area contributed by atoms with Crippen molar-refractivity contribution in [2.75, 3.05) is 0 Å². The molecule has 2 heterocycles. The predicted molar refractivity (Wildman–Crippen MR) is 184 cm³/mol. The van der Waals surface area contributed by atoms with Gasteiger partial charge in [0.05, 0.1) is 0 Å². The quantitative estimate of drug-likeness (QED) is 0.211. The van der Waals surface area contributed by atoms with Crippen molar-refractivity contribution < 1.29 is 9.47 Å². The van der Waals surface area contributed by atoms with Gasteiger partial charge in [-0.3, -0.25) is 0 Å². The van der Waals surface area contributed by atoms with Crippen molar-refractivity contribution in [1.82, 2.24) is 0 Å². The highest BCUT2D eigenvalue weighted by Crippen LogP contribution is 2.61. The topological polar surface area (TPSA) is 18.5 Å². The summed E-state index contributed by atoms with van der Waals surface area (Å²) in [6.45, 7) is 17.2. The number of hydrogen-bond acceptors (Lipinski definition) is 2. The zero-order valence-electron chi connectivity index (χ0n) is 26.2. The number of hydrogen-bond donors (Lipinski definition) is 0. The molecule has 4 heteroatoms. The molecule has 0 aromatic heterocycles. The van der Waals surface area contributed by atoms with Gasteiger partial charge in [-0.1, -0.05) is 127 Å².